The summed E-state index contributed by atoms with van der Waals surface area (Å²) >= 11 is 7.76. The van der Waals surface area contributed by atoms with E-state index in [1.54, 1.807) is 14.2 Å². The van der Waals surface area contributed by atoms with Gasteiger partial charge >= 0.3 is 0 Å². The molecule has 56 heavy (non-hydrogen) atoms. The highest BCUT2D eigenvalue weighted by molar-refractivity contribution is 8.68. The first-order chi connectivity index (χ1) is 27.0. The molecule has 2 saturated heterocycles. The average molecular weight is 818 g/mol. The fraction of sp³-hybridized carbons (Fsp3) is 0.390. The van der Waals surface area contributed by atoms with Crippen molar-refractivity contribution in [3.63, 3.8) is 0 Å². The van der Waals surface area contributed by atoms with Crippen molar-refractivity contribution in [2.45, 2.75) is 74.2 Å². The van der Waals surface area contributed by atoms with E-state index < -0.39 is 41.5 Å². The Hall–Kier alpha value is -3.88. The van der Waals surface area contributed by atoms with Crippen molar-refractivity contribution in [1.82, 2.24) is 19.5 Å². The number of benzene rings is 3. The number of halogens is 1. The minimum absolute atomic E-state index is 0.0859. The molecule has 1 unspecified atom stereocenters. The van der Waals surface area contributed by atoms with Gasteiger partial charge < -0.3 is 33.7 Å². The summed E-state index contributed by atoms with van der Waals surface area (Å²) in [4.78, 5) is 12.8. The normalized spacial score (nSPS) is 28.9. The van der Waals surface area contributed by atoms with E-state index in [1.807, 2.05) is 78.9 Å². The lowest BCUT2D eigenvalue weighted by atomic mass is 9.77. The lowest BCUT2D eigenvalue weighted by Crippen LogP contribution is -2.41. The van der Waals surface area contributed by atoms with E-state index in [9.17, 15) is 0 Å². The third-order valence-electron chi connectivity index (χ3n) is 11.3. The van der Waals surface area contributed by atoms with Gasteiger partial charge in [0.25, 0.3) is 0 Å². The Morgan fingerprint density at radius 1 is 1.02 bits per heavy atom. The van der Waals surface area contributed by atoms with Gasteiger partial charge in [-0.25, -0.2) is 19.3 Å². The number of ether oxygens (including phenoxy) is 4. The van der Waals surface area contributed by atoms with Crippen molar-refractivity contribution in [2.24, 2.45) is 5.92 Å². The summed E-state index contributed by atoms with van der Waals surface area (Å²) in [6.07, 6.45) is 0.384. The quantitative estimate of drug-likeness (QED) is 0.0737. The van der Waals surface area contributed by atoms with Gasteiger partial charge in [0, 0.05) is 5.25 Å². The van der Waals surface area contributed by atoms with Gasteiger partial charge in [-0.3, -0.25) is 4.57 Å². The molecule has 3 fully saturated rings. The maximum absolute atomic E-state index is 17.3. The Kier molecular flexibility index (Phi) is 10.8. The summed E-state index contributed by atoms with van der Waals surface area (Å²) in [5.41, 5.74) is 5.64. The third-order valence-corrected chi connectivity index (χ3v) is 16.9. The zero-order valence-corrected chi connectivity index (χ0v) is 34.1. The molecule has 2 aliphatic heterocycles. The Balaban J connectivity index is 1.19. The number of methoxy groups -OCH3 is 2. The molecule has 3 aromatic carbocycles. The van der Waals surface area contributed by atoms with Crippen LogP contribution in [0, 0.1) is 5.92 Å². The second-order valence-electron chi connectivity index (χ2n) is 14.7. The molecule has 5 aromatic rings. The van der Waals surface area contributed by atoms with Crippen molar-refractivity contribution in [3.05, 3.63) is 120 Å². The minimum atomic E-state index is -3.09. The Bertz CT molecular complexity index is 2200. The van der Waals surface area contributed by atoms with Gasteiger partial charge in [-0.1, -0.05) is 78.1 Å². The van der Waals surface area contributed by atoms with Gasteiger partial charge in [-0.2, -0.15) is 0 Å². The molecule has 4 heterocycles. The number of hydrogen-bond donors (Lipinski definition) is 1. The molecule has 2 N–H and O–H groups in total. The van der Waals surface area contributed by atoms with Crippen LogP contribution in [-0.2, 0) is 35.9 Å². The number of aromatic nitrogens is 4. The zero-order valence-electron chi connectivity index (χ0n) is 31.6. The molecule has 2 aromatic heterocycles. The van der Waals surface area contributed by atoms with Crippen LogP contribution in [0.2, 0.25) is 0 Å². The molecule has 1 saturated carbocycles. The fourth-order valence-electron chi connectivity index (χ4n) is 8.10. The van der Waals surface area contributed by atoms with Crippen LogP contribution in [0.4, 0.5) is 10.2 Å². The number of fused-ring (bicyclic) bond motifs is 2. The Morgan fingerprint density at radius 3 is 2.29 bits per heavy atom. The third kappa shape index (κ3) is 7.03. The van der Waals surface area contributed by atoms with Gasteiger partial charge in [0.05, 0.1) is 32.8 Å². The van der Waals surface area contributed by atoms with Gasteiger partial charge in [0.15, 0.2) is 23.9 Å². The second kappa shape index (κ2) is 15.5. The molecule has 0 amide bonds. The van der Waals surface area contributed by atoms with Crippen LogP contribution in [0.15, 0.2) is 104 Å². The summed E-state index contributed by atoms with van der Waals surface area (Å²) in [6.45, 7) is 8.29. The first kappa shape index (κ1) is 39.0. The van der Waals surface area contributed by atoms with Gasteiger partial charge in [0.2, 0.25) is 5.69 Å². The number of allylic oxidation sites excluding steroid dienone is 1. The highest BCUT2D eigenvalue weighted by Gasteiger charge is 2.57. The van der Waals surface area contributed by atoms with Gasteiger partial charge in [-0.15, -0.1) is 0 Å². The maximum Gasteiger partial charge on any atom is 0.248 e. The highest BCUT2D eigenvalue weighted by atomic mass is 32.9. The predicted octanol–water partition coefficient (Wildman–Crippen LogP) is 8.55. The molecule has 0 radical (unpaired) electrons. The molecule has 294 valence electrons. The average Bonchev–Trinajstić information content (AvgIpc) is 3.86. The van der Waals surface area contributed by atoms with E-state index >= 15 is 4.39 Å². The van der Waals surface area contributed by atoms with Crippen molar-refractivity contribution in [1.29, 1.82) is 0 Å². The first-order valence-corrected chi connectivity index (χ1v) is 22.6. The second-order valence-corrected chi connectivity index (χ2v) is 21.0. The molecular weight excluding hydrogens is 773 g/mol. The molecule has 15 heteroatoms. The smallest absolute Gasteiger partial charge is 0.248 e. The van der Waals surface area contributed by atoms with Crippen molar-refractivity contribution in [2.75, 3.05) is 26.6 Å². The van der Waals surface area contributed by atoms with E-state index in [4.69, 9.17) is 45.5 Å². The lowest BCUT2D eigenvalue weighted by molar-refractivity contribution is -0.0915. The van der Waals surface area contributed by atoms with E-state index in [0.717, 1.165) is 41.5 Å². The minimum Gasteiger partial charge on any atom is -0.497 e. The Labute approximate surface area is 335 Å². The number of hydrogen-bond acceptors (Lipinski definition) is 12. The molecular formula is C41H45FN5O6PS2. The standard InChI is InChI=1S/C41H45FN5O6PS2/c1-25(2)26-19-20-40(3)33(21-26)56-54(55,53-40)52-36-32(51-39(34(36)42)47-24-46-35-37(43)44-23-45-38(35)47)22-50-41(27-9-7-6-8-10-27,28-11-15-30(48-4)16-12-28)29-13-17-31(49-5)18-14-29/h6-18,23-24,26,32-34,36,39H,1,19-22H2,2-5H3,(H2,43,44,45)/t26-,32+,33+,34+,36+,39+,40+,54?/m0/s1. The molecule has 1 aliphatic carbocycles. The van der Waals surface area contributed by atoms with Crippen LogP contribution in [-0.4, -0.2) is 69.6 Å². The highest BCUT2D eigenvalue weighted by Crippen LogP contribution is 2.75. The van der Waals surface area contributed by atoms with Crippen LogP contribution in [0.25, 0.3) is 11.2 Å². The molecule has 11 nitrogen and oxygen atoms in total. The van der Waals surface area contributed by atoms with E-state index in [-0.39, 0.29) is 17.7 Å². The lowest BCUT2D eigenvalue weighted by Gasteiger charge is -2.38. The van der Waals surface area contributed by atoms with E-state index in [1.165, 1.54) is 28.6 Å². The van der Waals surface area contributed by atoms with Crippen LogP contribution in [0.1, 0.15) is 56.0 Å². The molecule has 3 aliphatic rings. The van der Waals surface area contributed by atoms with E-state index in [2.05, 4.69) is 35.4 Å². The number of anilines is 1. The largest absolute Gasteiger partial charge is 0.497 e. The van der Waals surface area contributed by atoms with Gasteiger partial charge in [-0.05, 0) is 91.8 Å². The molecule has 0 bridgehead atoms. The topological polar surface area (TPSA) is 125 Å². The first-order valence-electron chi connectivity index (χ1n) is 18.5. The number of nitrogen functional groups attached to an aromatic ring is 1. The van der Waals surface area contributed by atoms with Crippen molar-refractivity contribution < 1.29 is 32.4 Å². The number of nitrogens with two attached hydrogens (primary N) is 1. The molecule has 8 atom stereocenters. The molecule has 8 rings (SSSR count). The monoisotopic (exact) mass is 817 g/mol. The van der Waals surface area contributed by atoms with Crippen LogP contribution in [0.5, 0.6) is 11.5 Å². The van der Waals surface area contributed by atoms with E-state index in [0.29, 0.717) is 28.6 Å². The summed E-state index contributed by atoms with van der Waals surface area (Å²) in [6, 6.07) is 25.3. The van der Waals surface area contributed by atoms with Crippen molar-refractivity contribution in [3.8, 4) is 11.5 Å². The summed E-state index contributed by atoms with van der Waals surface area (Å²) in [7, 11) is 3.25. The number of nitrogens with zero attached hydrogens (tertiary/aromatic N) is 4. The Morgan fingerprint density at radius 2 is 1.66 bits per heavy atom. The van der Waals surface area contributed by atoms with Crippen LogP contribution < -0.4 is 15.2 Å². The molecule has 0 spiro atoms. The SMILES string of the molecule is C=C(C)[C@H]1CC[C@@]2(C)OP(=S)(O[C@H]3[C@@H](F)[C@H](n4cnc5c(N)ncnc54)O[C@@H]3COC(c3ccccc3)(c3ccc(OC)cc3)c3ccc(OC)cc3)S[C@@H]2C1. The van der Waals surface area contributed by atoms with Crippen LogP contribution >= 0.6 is 17.1 Å². The summed E-state index contributed by atoms with van der Waals surface area (Å²) < 4.78 is 57.3. The number of rotatable bonds is 12. The summed E-state index contributed by atoms with van der Waals surface area (Å²) in [5.74, 6) is 1.93. The number of alkyl halides is 1. The fourth-order valence-corrected chi connectivity index (χ4v) is 15.3. The predicted molar refractivity (Wildman–Crippen MR) is 219 cm³/mol. The van der Waals surface area contributed by atoms with Gasteiger partial charge in [0.1, 0.15) is 41.2 Å². The zero-order chi connectivity index (χ0) is 39.2. The van der Waals surface area contributed by atoms with Crippen LogP contribution in [0.3, 0.4) is 0 Å². The van der Waals surface area contributed by atoms with Crippen molar-refractivity contribution >= 4 is 45.9 Å². The summed E-state index contributed by atoms with van der Waals surface area (Å²) in [5, 5.41) is 0.0859. The maximum atomic E-state index is 17.3. The number of imidazole rings is 1.